The van der Waals surface area contributed by atoms with Gasteiger partial charge in [0.25, 0.3) is 5.91 Å². The zero-order valence-corrected chi connectivity index (χ0v) is 15.4. The van der Waals surface area contributed by atoms with Crippen LogP contribution in [0.4, 0.5) is 11.4 Å². The molecule has 0 radical (unpaired) electrons. The lowest BCUT2D eigenvalue weighted by Crippen LogP contribution is -2.30. The number of benzene rings is 2. The van der Waals surface area contributed by atoms with Crippen molar-refractivity contribution in [1.82, 2.24) is 5.32 Å². The largest absolute Gasteiger partial charge is 0.375 e. The van der Waals surface area contributed by atoms with Crippen molar-refractivity contribution in [3.63, 3.8) is 0 Å². The summed E-state index contributed by atoms with van der Waals surface area (Å²) >= 11 is 12.0. The third kappa shape index (κ3) is 5.66. The predicted octanol–water partition coefficient (Wildman–Crippen LogP) is 4.18. The molecule has 5 nitrogen and oxygen atoms in total. The van der Waals surface area contributed by atoms with E-state index in [2.05, 4.69) is 16.0 Å². The molecule has 0 bridgehead atoms. The van der Waals surface area contributed by atoms with Gasteiger partial charge in [-0.25, -0.2) is 0 Å². The lowest BCUT2D eigenvalue weighted by atomic mass is 10.2. The van der Waals surface area contributed by atoms with Crippen LogP contribution in [0.3, 0.4) is 0 Å². The lowest BCUT2D eigenvalue weighted by molar-refractivity contribution is -0.114. The predicted molar refractivity (Wildman–Crippen MR) is 103 cm³/mol. The van der Waals surface area contributed by atoms with Gasteiger partial charge in [-0.1, -0.05) is 29.3 Å². The van der Waals surface area contributed by atoms with Crippen molar-refractivity contribution in [2.24, 2.45) is 0 Å². The van der Waals surface area contributed by atoms with Crippen molar-refractivity contribution < 1.29 is 9.59 Å². The van der Waals surface area contributed by atoms with Gasteiger partial charge in [0.1, 0.15) is 0 Å². The highest BCUT2D eigenvalue weighted by Crippen LogP contribution is 2.29. The average molecular weight is 380 g/mol. The molecule has 3 N–H and O–H groups in total. The van der Waals surface area contributed by atoms with Crippen molar-refractivity contribution >= 4 is 46.4 Å². The van der Waals surface area contributed by atoms with Crippen molar-refractivity contribution in [2.75, 3.05) is 17.2 Å². The SMILES string of the molecule is CC(C)NC(=O)c1ccc(NC(=O)CNc2cccc(Cl)c2Cl)cc1. The molecule has 0 aliphatic heterocycles. The third-order valence-electron chi connectivity index (χ3n) is 3.24. The summed E-state index contributed by atoms with van der Waals surface area (Å²) in [6.45, 7) is 3.83. The molecule has 7 heteroatoms. The second-order valence-electron chi connectivity index (χ2n) is 5.71. The van der Waals surface area contributed by atoms with E-state index in [1.165, 1.54) is 0 Å². The van der Waals surface area contributed by atoms with Gasteiger partial charge in [0.15, 0.2) is 0 Å². The number of carbonyl (C=O) groups is 2. The van der Waals surface area contributed by atoms with E-state index < -0.39 is 0 Å². The standard InChI is InChI=1S/C18H19Cl2N3O2/c1-11(2)22-18(25)12-6-8-13(9-7-12)23-16(24)10-21-15-5-3-4-14(19)17(15)20/h3-9,11,21H,10H2,1-2H3,(H,22,25)(H,23,24). The zero-order valence-electron chi connectivity index (χ0n) is 13.9. The van der Waals surface area contributed by atoms with Crippen LogP contribution in [0.5, 0.6) is 0 Å². The first-order chi connectivity index (χ1) is 11.9. The number of amides is 2. The Bertz CT molecular complexity index is 761. The van der Waals surface area contributed by atoms with E-state index in [4.69, 9.17) is 23.2 Å². The number of rotatable bonds is 6. The summed E-state index contributed by atoms with van der Waals surface area (Å²) in [5.74, 6) is -0.388. The number of hydrogen-bond donors (Lipinski definition) is 3. The average Bonchev–Trinajstić information content (AvgIpc) is 2.56. The lowest BCUT2D eigenvalue weighted by Gasteiger charge is -2.11. The molecule has 0 fully saturated rings. The van der Waals surface area contributed by atoms with Gasteiger partial charge in [-0.3, -0.25) is 9.59 Å². The topological polar surface area (TPSA) is 70.2 Å². The Kier molecular flexibility index (Phi) is 6.67. The van der Waals surface area contributed by atoms with Crippen LogP contribution < -0.4 is 16.0 Å². The third-order valence-corrected chi connectivity index (χ3v) is 4.06. The summed E-state index contributed by atoms with van der Waals surface area (Å²) in [6.07, 6.45) is 0. The molecule has 0 saturated carbocycles. The van der Waals surface area contributed by atoms with Crippen LogP contribution in [0.25, 0.3) is 0 Å². The molecular formula is C18H19Cl2N3O2. The molecule has 2 aromatic rings. The van der Waals surface area contributed by atoms with E-state index in [1.54, 1.807) is 42.5 Å². The quantitative estimate of drug-likeness (QED) is 0.704. The first kappa shape index (κ1) is 19.1. The van der Waals surface area contributed by atoms with Crippen molar-refractivity contribution in [2.45, 2.75) is 19.9 Å². The second kappa shape index (κ2) is 8.74. The Hall–Kier alpha value is -2.24. The van der Waals surface area contributed by atoms with Crippen LogP contribution in [-0.4, -0.2) is 24.4 Å². The van der Waals surface area contributed by atoms with Crippen LogP contribution in [0, 0.1) is 0 Å². The second-order valence-corrected chi connectivity index (χ2v) is 6.49. The van der Waals surface area contributed by atoms with Gasteiger partial charge in [-0.2, -0.15) is 0 Å². The Morgan fingerprint density at radius 1 is 1.04 bits per heavy atom. The fourth-order valence-electron chi connectivity index (χ4n) is 2.07. The molecule has 0 atom stereocenters. The Morgan fingerprint density at radius 3 is 2.36 bits per heavy atom. The van der Waals surface area contributed by atoms with Gasteiger partial charge in [-0.15, -0.1) is 0 Å². The Morgan fingerprint density at radius 2 is 1.72 bits per heavy atom. The summed E-state index contributed by atoms with van der Waals surface area (Å²) in [4.78, 5) is 23.9. The van der Waals surface area contributed by atoms with E-state index in [-0.39, 0.29) is 24.4 Å². The van der Waals surface area contributed by atoms with Gasteiger partial charge in [0.2, 0.25) is 5.91 Å². The maximum atomic E-state index is 12.0. The highest BCUT2D eigenvalue weighted by atomic mass is 35.5. The molecule has 0 aromatic heterocycles. The number of halogens is 2. The molecule has 0 spiro atoms. The van der Waals surface area contributed by atoms with Crippen LogP contribution in [0.15, 0.2) is 42.5 Å². The molecule has 2 rings (SSSR count). The minimum atomic E-state index is -0.240. The van der Waals surface area contributed by atoms with Gasteiger partial charge < -0.3 is 16.0 Å². The first-order valence-corrected chi connectivity index (χ1v) is 8.51. The molecule has 2 amide bonds. The molecule has 0 unspecified atom stereocenters. The highest BCUT2D eigenvalue weighted by Gasteiger charge is 2.09. The fourth-order valence-corrected chi connectivity index (χ4v) is 2.44. The highest BCUT2D eigenvalue weighted by molar-refractivity contribution is 6.43. The summed E-state index contributed by atoms with van der Waals surface area (Å²) in [5, 5.41) is 9.28. The Balaban J connectivity index is 1.90. The van der Waals surface area contributed by atoms with E-state index in [9.17, 15) is 9.59 Å². The number of nitrogens with one attached hydrogen (secondary N) is 3. The maximum Gasteiger partial charge on any atom is 0.251 e. The monoisotopic (exact) mass is 379 g/mol. The molecule has 0 aliphatic carbocycles. The summed E-state index contributed by atoms with van der Waals surface area (Å²) < 4.78 is 0. The summed E-state index contributed by atoms with van der Waals surface area (Å²) in [5.41, 5.74) is 1.73. The van der Waals surface area contributed by atoms with Crippen molar-refractivity contribution in [3.8, 4) is 0 Å². The number of anilines is 2. The van der Waals surface area contributed by atoms with E-state index in [1.807, 2.05) is 13.8 Å². The maximum absolute atomic E-state index is 12.0. The van der Waals surface area contributed by atoms with E-state index >= 15 is 0 Å². The molecule has 0 aliphatic rings. The van der Waals surface area contributed by atoms with Gasteiger partial charge in [-0.05, 0) is 50.2 Å². The van der Waals surface area contributed by atoms with Gasteiger partial charge in [0, 0.05) is 17.3 Å². The first-order valence-electron chi connectivity index (χ1n) is 7.75. The molecule has 0 heterocycles. The summed E-state index contributed by atoms with van der Waals surface area (Å²) in [7, 11) is 0. The van der Waals surface area contributed by atoms with Crippen molar-refractivity contribution in [3.05, 3.63) is 58.1 Å². The van der Waals surface area contributed by atoms with Gasteiger partial charge in [0.05, 0.1) is 22.3 Å². The smallest absolute Gasteiger partial charge is 0.251 e. The summed E-state index contributed by atoms with van der Waals surface area (Å²) in [6, 6.07) is 11.9. The fraction of sp³-hybridized carbons (Fsp3) is 0.222. The minimum Gasteiger partial charge on any atom is -0.375 e. The van der Waals surface area contributed by atoms with Crippen LogP contribution >= 0.6 is 23.2 Å². The molecule has 2 aromatic carbocycles. The van der Waals surface area contributed by atoms with Crippen LogP contribution in [-0.2, 0) is 4.79 Å². The van der Waals surface area contributed by atoms with E-state index in [0.717, 1.165) is 0 Å². The van der Waals surface area contributed by atoms with Gasteiger partial charge >= 0.3 is 0 Å². The number of hydrogen-bond acceptors (Lipinski definition) is 3. The van der Waals surface area contributed by atoms with E-state index in [0.29, 0.717) is 27.0 Å². The molecular weight excluding hydrogens is 361 g/mol. The molecule has 25 heavy (non-hydrogen) atoms. The van der Waals surface area contributed by atoms with Crippen LogP contribution in [0.1, 0.15) is 24.2 Å². The van der Waals surface area contributed by atoms with Crippen molar-refractivity contribution in [1.29, 1.82) is 0 Å². The number of carbonyl (C=O) groups excluding carboxylic acids is 2. The molecule has 0 saturated heterocycles. The normalized spacial score (nSPS) is 10.4. The molecule has 132 valence electrons. The van der Waals surface area contributed by atoms with Crippen LogP contribution in [0.2, 0.25) is 10.0 Å². The zero-order chi connectivity index (χ0) is 18.4. The minimum absolute atomic E-state index is 0.0374. The Labute approximate surface area is 156 Å².